The van der Waals surface area contributed by atoms with Gasteiger partial charge < -0.3 is 0 Å². The second-order valence-corrected chi connectivity index (χ2v) is 5.35. The van der Waals surface area contributed by atoms with E-state index < -0.39 is 0 Å². The monoisotopic (exact) mass is 267 g/mol. The van der Waals surface area contributed by atoms with Gasteiger partial charge in [-0.2, -0.15) is 0 Å². The molecule has 1 aliphatic rings. The summed E-state index contributed by atoms with van der Waals surface area (Å²) in [5.74, 6) is 0. The molecule has 0 heteroatoms. The SMILES string of the molecule is [C]1=C(c2ccccc2)C1(c1ccccc1)c1ccccc1. The van der Waals surface area contributed by atoms with E-state index >= 15 is 0 Å². The maximum absolute atomic E-state index is 3.65. The summed E-state index contributed by atoms with van der Waals surface area (Å²) in [4.78, 5) is 0. The van der Waals surface area contributed by atoms with Gasteiger partial charge in [0.25, 0.3) is 0 Å². The van der Waals surface area contributed by atoms with Crippen molar-refractivity contribution in [3.63, 3.8) is 0 Å². The first-order valence-corrected chi connectivity index (χ1v) is 7.23. The number of hydrogen-bond acceptors (Lipinski definition) is 0. The van der Waals surface area contributed by atoms with Crippen molar-refractivity contribution in [2.75, 3.05) is 0 Å². The Morgan fingerprint density at radius 1 is 0.524 bits per heavy atom. The Morgan fingerprint density at radius 2 is 0.952 bits per heavy atom. The van der Waals surface area contributed by atoms with Gasteiger partial charge in [-0.15, -0.1) is 0 Å². The maximum Gasteiger partial charge on any atom is 0.0717 e. The number of benzene rings is 3. The second kappa shape index (κ2) is 4.75. The van der Waals surface area contributed by atoms with Crippen molar-refractivity contribution < 1.29 is 0 Å². The molecule has 4 rings (SSSR count). The first-order chi connectivity index (χ1) is 10.4. The smallest absolute Gasteiger partial charge is 0.0622 e. The van der Waals surface area contributed by atoms with E-state index in [1.54, 1.807) is 0 Å². The summed E-state index contributed by atoms with van der Waals surface area (Å²) < 4.78 is 0. The van der Waals surface area contributed by atoms with Gasteiger partial charge in [0.2, 0.25) is 0 Å². The zero-order valence-corrected chi connectivity index (χ0v) is 11.7. The lowest BCUT2D eigenvalue weighted by molar-refractivity contribution is 0.929. The zero-order valence-electron chi connectivity index (χ0n) is 11.7. The highest BCUT2D eigenvalue weighted by atomic mass is 14.5. The molecule has 0 atom stereocenters. The Kier molecular flexibility index (Phi) is 2.75. The predicted octanol–water partition coefficient (Wildman–Crippen LogP) is 4.87. The molecule has 0 aliphatic heterocycles. The van der Waals surface area contributed by atoms with Crippen LogP contribution in [0.25, 0.3) is 5.57 Å². The molecule has 0 aromatic heterocycles. The molecule has 0 saturated heterocycles. The van der Waals surface area contributed by atoms with Gasteiger partial charge in [-0.1, -0.05) is 91.0 Å². The molecule has 21 heavy (non-hydrogen) atoms. The van der Waals surface area contributed by atoms with Crippen molar-refractivity contribution in [3.8, 4) is 0 Å². The second-order valence-electron chi connectivity index (χ2n) is 5.35. The number of hydrogen-bond donors (Lipinski definition) is 0. The third-order valence-electron chi connectivity index (χ3n) is 4.10. The van der Waals surface area contributed by atoms with Crippen LogP contribution in [-0.2, 0) is 5.41 Å². The van der Waals surface area contributed by atoms with Gasteiger partial charge in [0, 0.05) is 0 Å². The average Bonchev–Trinajstić information content (AvgIpc) is 3.34. The Bertz CT molecular complexity index is 729. The number of rotatable bonds is 3. The molecular weight excluding hydrogens is 252 g/mol. The van der Waals surface area contributed by atoms with E-state index in [0.29, 0.717) is 0 Å². The minimum absolute atomic E-state index is 0.177. The Hall–Kier alpha value is -2.60. The molecule has 1 radical (unpaired) electrons. The summed E-state index contributed by atoms with van der Waals surface area (Å²) in [5, 5.41) is 0. The van der Waals surface area contributed by atoms with Gasteiger partial charge >= 0.3 is 0 Å². The van der Waals surface area contributed by atoms with E-state index in [1.807, 2.05) is 0 Å². The molecule has 0 N–H and O–H groups in total. The highest BCUT2D eigenvalue weighted by molar-refractivity contribution is 5.92. The summed E-state index contributed by atoms with van der Waals surface area (Å²) in [6, 6.07) is 31.8. The molecular formula is C21H15. The molecule has 0 heterocycles. The lowest BCUT2D eigenvalue weighted by Gasteiger charge is -2.20. The van der Waals surface area contributed by atoms with Crippen molar-refractivity contribution in [2.45, 2.75) is 5.41 Å². The van der Waals surface area contributed by atoms with Crippen molar-refractivity contribution in [3.05, 3.63) is 114 Å². The molecule has 0 unspecified atom stereocenters. The highest BCUT2D eigenvalue weighted by Gasteiger charge is 2.48. The van der Waals surface area contributed by atoms with Crippen molar-refractivity contribution in [2.24, 2.45) is 0 Å². The van der Waals surface area contributed by atoms with Gasteiger partial charge in [0.1, 0.15) is 0 Å². The Balaban J connectivity index is 1.84. The van der Waals surface area contributed by atoms with Crippen LogP contribution in [-0.4, -0.2) is 0 Å². The highest BCUT2D eigenvalue weighted by Crippen LogP contribution is 2.55. The third-order valence-corrected chi connectivity index (χ3v) is 4.10. The van der Waals surface area contributed by atoms with Crippen molar-refractivity contribution in [1.29, 1.82) is 0 Å². The standard InChI is InChI=1S/C21H15/c1-4-10-17(11-5-1)20-16-21(20,18-12-6-2-7-13-18)19-14-8-3-9-15-19/h1-15H. The van der Waals surface area contributed by atoms with E-state index in [4.69, 9.17) is 0 Å². The molecule has 0 nitrogen and oxygen atoms in total. The van der Waals surface area contributed by atoms with E-state index in [2.05, 4.69) is 97.1 Å². The lowest BCUT2D eigenvalue weighted by Crippen LogP contribution is -2.13. The molecule has 0 saturated carbocycles. The predicted molar refractivity (Wildman–Crippen MR) is 86.8 cm³/mol. The van der Waals surface area contributed by atoms with Crippen LogP contribution in [0.4, 0.5) is 0 Å². The summed E-state index contributed by atoms with van der Waals surface area (Å²) in [6.45, 7) is 0. The first kappa shape index (κ1) is 12.2. The van der Waals surface area contributed by atoms with Gasteiger partial charge in [0.05, 0.1) is 5.41 Å². The minimum Gasteiger partial charge on any atom is -0.0622 e. The lowest BCUT2D eigenvalue weighted by atomic mass is 9.82. The summed E-state index contributed by atoms with van der Waals surface area (Å²) in [7, 11) is 0. The van der Waals surface area contributed by atoms with Crippen LogP contribution in [0.3, 0.4) is 0 Å². The molecule has 3 aromatic rings. The van der Waals surface area contributed by atoms with Gasteiger partial charge in [-0.25, -0.2) is 0 Å². The minimum atomic E-state index is -0.177. The van der Waals surface area contributed by atoms with E-state index in [1.165, 1.54) is 22.3 Å². The molecule has 0 bridgehead atoms. The molecule has 1 aliphatic carbocycles. The van der Waals surface area contributed by atoms with E-state index in [9.17, 15) is 0 Å². The van der Waals surface area contributed by atoms with Crippen LogP contribution in [0, 0.1) is 6.08 Å². The summed E-state index contributed by atoms with van der Waals surface area (Å²) in [5.41, 5.74) is 4.93. The molecule has 0 spiro atoms. The largest absolute Gasteiger partial charge is 0.0717 e. The Labute approximate surface area is 125 Å². The molecule has 0 amide bonds. The van der Waals surface area contributed by atoms with E-state index in [0.717, 1.165) is 0 Å². The van der Waals surface area contributed by atoms with Crippen LogP contribution in [0.1, 0.15) is 16.7 Å². The first-order valence-electron chi connectivity index (χ1n) is 7.23. The molecule has 3 aromatic carbocycles. The van der Waals surface area contributed by atoms with Crippen LogP contribution < -0.4 is 0 Å². The van der Waals surface area contributed by atoms with Crippen LogP contribution >= 0.6 is 0 Å². The molecule has 0 fully saturated rings. The fourth-order valence-corrected chi connectivity index (χ4v) is 3.03. The maximum atomic E-state index is 3.65. The summed E-state index contributed by atoms with van der Waals surface area (Å²) in [6.07, 6.45) is 3.65. The quantitative estimate of drug-likeness (QED) is 0.635. The Morgan fingerprint density at radius 3 is 1.43 bits per heavy atom. The van der Waals surface area contributed by atoms with Crippen molar-refractivity contribution in [1.82, 2.24) is 0 Å². The van der Waals surface area contributed by atoms with Gasteiger partial charge in [0.15, 0.2) is 0 Å². The third kappa shape index (κ3) is 1.92. The van der Waals surface area contributed by atoms with Gasteiger partial charge in [-0.3, -0.25) is 0 Å². The van der Waals surface area contributed by atoms with E-state index in [-0.39, 0.29) is 5.41 Å². The fourth-order valence-electron chi connectivity index (χ4n) is 3.03. The summed E-state index contributed by atoms with van der Waals surface area (Å²) >= 11 is 0. The van der Waals surface area contributed by atoms with Crippen LogP contribution in [0.2, 0.25) is 0 Å². The van der Waals surface area contributed by atoms with Crippen molar-refractivity contribution >= 4 is 5.57 Å². The fraction of sp³-hybridized carbons (Fsp3) is 0.0476. The van der Waals surface area contributed by atoms with Crippen LogP contribution in [0.15, 0.2) is 91.0 Å². The molecule has 99 valence electrons. The van der Waals surface area contributed by atoms with Crippen LogP contribution in [0.5, 0.6) is 0 Å². The normalized spacial score (nSPS) is 15.3. The number of allylic oxidation sites excluding steroid dienone is 2. The average molecular weight is 267 g/mol. The zero-order chi connectivity index (χ0) is 14.1. The van der Waals surface area contributed by atoms with Gasteiger partial charge in [-0.05, 0) is 28.3 Å². The topological polar surface area (TPSA) is 0 Å².